The van der Waals surface area contributed by atoms with Crippen LogP contribution in [0.1, 0.15) is 42.2 Å². The average molecular weight is 220 g/mol. The third-order valence-corrected chi connectivity index (χ3v) is 3.58. The number of hydrogen-bond donors (Lipinski definition) is 1. The van der Waals surface area contributed by atoms with Crippen LogP contribution in [0.4, 0.5) is 4.39 Å². The topological polar surface area (TPSA) is 37.3 Å². The van der Waals surface area contributed by atoms with Gasteiger partial charge in [-0.25, -0.2) is 4.39 Å². The van der Waals surface area contributed by atoms with Gasteiger partial charge in [0.1, 0.15) is 5.82 Å². The van der Waals surface area contributed by atoms with E-state index in [0.717, 1.165) is 24.0 Å². The van der Waals surface area contributed by atoms with Crippen LogP contribution in [0.25, 0.3) is 0 Å². The van der Waals surface area contributed by atoms with E-state index in [-0.39, 0.29) is 17.7 Å². The van der Waals surface area contributed by atoms with Gasteiger partial charge < -0.3 is 5.11 Å². The van der Waals surface area contributed by atoms with Gasteiger partial charge in [0.15, 0.2) is 0 Å². The summed E-state index contributed by atoms with van der Waals surface area (Å²) in [6.45, 7) is 0. The fourth-order valence-electron chi connectivity index (χ4n) is 2.34. The number of benzene rings is 1. The third-order valence-electron chi connectivity index (χ3n) is 3.58. The molecule has 2 saturated carbocycles. The Hall–Kier alpha value is -1.38. The van der Waals surface area contributed by atoms with Crippen molar-refractivity contribution >= 4 is 5.97 Å². The van der Waals surface area contributed by atoms with E-state index in [2.05, 4.69) is 0 Å². The molecule has 1 aromatic carbocycles. The molecule has 0 aromatic heterocycles. The van der Waals surface area contributed by atoms with Crippen molar-refractivity contribution in [3.63, 3.8) is 0 Å². The van der Waals surface area contributed by atoms with Crippen LogP contribution in [-0.4, -0.2) is 11.1 Å². The lowest BCUT2D eigenvalue weighted by molar-refractivity contribution is -0.138. The number of halogens is 1. The smallest absolute Gasteiger partial charge is 0.307 e. The fourth-order valence-corrected chi connectivity index (χ4v) is 2.34. The molecule has 0 spiro atoms. The van der Waals surface area contributed by atoms with E-state index in [1.54, 1.807) is 0 Å². The van der Waals surface area contributed by atoms with Crippen molar-refractivity contribution in [1.29, 1.82) is 0 Å². The number of aliphatic carboxylic acids is 1. The zero-order valence-electron chi connectivity index (χ0n) is 8.82. The molecule has 0 amide bonds. The van der Waals surface area contributed by atoms with Crippen molar-refractivity contribution in [2.24, 2.45) is 5.92 Å². The van der Waals surface area contributed by atoms with Gasteiger partial charge in [0.05, 0.1) is 5.92 Å². The highest BCUT2D eigenvalue weighted by Crippen LogP contribution is 2.49. The molecule has 84 valence electrons. The first-order valence-corrected chi connectivity index (χ1v) is 5.69. The second-order valence-corrected chi connectivity index (χ2v) is 4.84. The van der Waals surface area contributed by atoms with Gasteiger partial charge in [-0.2, -0.15) is 0 Å². The number of rotatable bonds is 3. The van der Waals surface area contributed by atoms with Crippen LogP contribution >= 0.6 is 0 Å². The van der Waals surface area contributed by atoms with E-state index >= 15 is 0 Å². The molecule has 3 rings (SSSR count). The molecule has 2 nitrogen and oxygen atoms in total. The molecule has 1 unspecified atom stereocenters. The SMILES string of the molecule is O=C(O)[C@@H]1CC1c1ccc(C2CC2)c(F)c1. The van der Waals surface area contributed by atoms with E-state index in [1.165, 1.54) is 6.07 Å². The Morgan fingerprint density at radius 3 is 2.62 bits per heavy atom. The summed E-state index contributed by atoms with van der Waals surface area (Å²) in [5.41, 5.74) is 1.64. The van der Waals surface area contributed by atoms with Crippen molar-refractivity contribution in [2.45, 2.75) is 31.1 Å². The molecule has 0 aliphatic heterocycles. The van der Waals surface area contributed by atoms with Crippen molar-refractivity contribution in [2.75, 3.05) is 0 Å². The maximum atomic E-state index is 13.7. The highest BCUT2D eigenvalue weighted by molar-refractivity contribution is 5.75. The Bertz CT molecular complexity index is 451. The summed E-state index contributed by atoms with van der Waals surface area (Å²) in [6.07, 6.45) is 2.81. The fraction of sp³-hybridized carbons (Fsp3) is 0.462. The largest absolute Gasteiger partial charge is 0.481 e. The molecule has 2 fully saturated rings. The minimum atomic E-state index is -0.767. The standard InChI is InChI=1S/C13H13FO2/c14-12-5-8(10-6-11(10)13(15)16)3-4-9(12)7-1-2-7/h3-5,7,10-11H,1-2,6H2,(H,15,16)/t10?,11-/m1/s1. The normalized spacial score (nSPS) is 27.8. The van der Waals surface area contributed by atoms with Gasteiger partial charge in [0.25, 0.3) is 0 Å². The first-order chi connectivity index (χ1) is 7.66. The Labute approximate surface area is 93.1 Å². The minimum absolute atomic E-state index is 0.0280. The van der Waals surface area contributed by atoms with Crippen LogP contribution in [-0.2, 0) is 4.79 Å². The highest BCUT2D eigenvalue weighted by Gasteiger charge is 2.44. The van der Waals surface area contributed by atoms with E-state index in [4.69, 9.17) is 5.11 Å². The molecule has 3 heteroatoms. The lowest BCUT2D eigenvalue weighted by Crippen LogP contribution is -1.99. The molecule has 16 heavy (non-hydrogen) atoms. The molecule has 0 radical (unpaired) electrons. The van der Waals surface area contributed by atoms with Crippen LogP contribution in [0, 0.1) is 11.7 Å². The van der Waals surface area contributed by atoms with Crippen LogP contribution in [0.2, 0.25) is 0 Å². The summed E-state index contributed by atoms with van der Waals surface area (Å²) in [5.74, 6) is -0.789. The highest BCUT2D eigenvalue weighted by atomic mass is 19.1. The predicted molar refractivity (Wildman–Crippen MR) is 56.9 cm³/mol. The van der Waals surface area contributed by atoms with E-state index < -0.39 is 5.97 Å². The van der Waals surface area contributed by atoms with Gasteiger partial charge in [-0.1, -0.05) is 12.1 Å². The summed E-state index contributed by atoms with van der Waals surface area (Å²) in [7, 11) is 0. The second-order valence-electron chi connectivity index (χ2n) is 4.84. The third kappa shape index (κ3) is 1.60. The van der Waals surface area contributed by atoms with E-state index in [1.807, 2.05) is 12.1 Å². The summed E-state index contributed by atoms with van der Waals surface area (Å²) < 4.78 is 13.7. The molecule has 1 N–H and O–H groups in total. The molecule has 2 aliphatic rings. The van der Waals surface area contributed by atoms with Crippen LogP contribution in [0.5, 0.6) is 0 Å². The Morgan fingerprint density at radius 1 is 1.38 bits per heavy atom. The Morgan fingerprint density at radius 2 is 2.12 bits per heavy atom. The minimum Gasteiger partial charge on any atom is -0.481 e. The molecule has 0 bridgehead atoms. The van der Waals surface area contributed by atoms with Crippen molar-refractivity contribution in [1.82, 2.24) is 0 Å². The summed E-state index contributed by atoms with van der Waals surface area (Å²) >= 11 is 0. The second kappa shape index (κ2) is 3.30. The lowest BCUT2D eigenvalue weighted by Gasteiger charge is -2.04. The summed E-state index contributed by atoms with van der Waals surface area (Å²) in [4.78, 5) is 10.7. The summed E-state index contributed by atoms with van der Waals surface area (Å²) in [5, 5.41) is 8.81. The van der Waals surface area contributed by atoms with Gasteiger partial charge >= 0.3 is 5.97 Å². The van der Waals surface area contributed by atoms with Crippen LogP contribution in [0.15, 0.2) is 18.2 Å². The molecule has 2 atom stereocenters. The van der Waals surface area contributed by atoms with Crippen molar-refractivity contribution < 1.29 is 14.3 Å². The zero-order valence-corrected chi connectivity index (χ0v) is 8.82. The van der Waals surface area contributed by atoms with Gasteiger partial charge in [0, 0.05) is 0 Å². The van der Waals surface area contributed by atoms with E-state index in [0.29, 0.717) is 12.3 Å². The first-order valence-electron chi connectivity index (χ1n) is 5.69. The quantitative estimate of drug-likeness (QED) is 0.850. The number of hydrogen-bond acceptors (Lipinski definition) is 1. The molecule has 2 aliphatic carbocycles. The molecular formula is C13H13FO2. The van der Waals surface area contributed by atoms with Gasteiger partial charge in [0.2, 0.25) is 0 Å². The maximum absolute atomic E-state index is 13.7. The lowest BCUT2D eigenvalue weighted by atomic mass is 10.0. The molecule has 1 aromatic rings. The number of carbonyl (C=O) groups is 1. The Balaban J connectivity index is 1.82. The van der Waals surface area contributed by atoms with Gasteiger partial charge in [-0.3, -0.25) is 4.79 Å². The average Bonchev–Trinajstić information content (AvgIpc) is 3.12. The van der Waals surface area contributed by atoms with Crippen molar-refractivity contribution in [3.05, 3.63) is 35.1 Å². The number of carboxylic acid groups (broad SMARTS) is 1. The predicted octanol–water partition coefficient (Wildman–Crippen LogP) is 2.89. The van der Waals surface area contributed by atoms with Gasteiger partial charge in [-0.05, 0) is 48.3 Å². The van der Waals surface area contributed by atoms with Crippen LogP contribution < -0.4 is 0 Å². The number of carboxylic acids is 1. The van der Waals surface area contributed by atoms with Crippen molar-refractivity contribution in [3.8, 4) is 0 Å². The van der Waals surface area contributed by atoms with Gasteiger partial charge in [-0.15, -0.1) is 0 Å². The monoisotopic (exact) mass is 220 g/mol. The summed E-state index contributed by atoms with van der Waals surface area (Å²) in [6, 6.07) is 5.26. The zero-order chi connectivity index (χ0) is 11.3. The van der Waals surface area contributed by atoms with E-state index in [9.17, 15) is 9.18 Å². The molecular weight excluding hydrogens is 207 g/mol. The van der Waals surface area contributed by atoms with Crippen LogP contribution in [0.3, 0.4) is 0 Å². The Kier molecular flexibility index (Phi) is 2.03. The first kappa shape index (κ1) is 9.82. The molecule has 0 heterocycles. The maximum Gasteiger partial charge on any atom is 0.307 e. The molecule has 0 saturated heterocycles.